The van der Waals surface area contributed by atoms with Gasteiger partial charge in [-0.3, -0.25) is 0 Å². The Hall–Kier alpha value is -0.900. The van der Waals surface area contributed by atoms with Crippen LogP contribution in [0.2, 0.25) is 0 Å². The molecule has 1 atom stereocenters. The van der Waals surface area contributed by atoms with Gasteiger partial charge in [-0.05, 0) is 58.5 Å². The molecular weight excluding hydrogens is 260 g/mol. The number of aryl methyl sites for hydroxylation is 1. The van der Waals surface area contributed by atoms with Crippen molar-refractivity contribution in [3.63, 3.8) is 0 Å². The highest BCUT2D eigenvalue weighted by molar-refractivity contribution is 5.28. The Balaban J connectivity index is 2.46. The molecule has 1 N–H and O–H groups in total. The van der Waals surface area contributed by atoms with E-state index in [4.69, 9.17) is 4.74 Å². The molecule has 3 nitrogen and oxygen atoms in total. The summed E-state index contributed by atoms with van der Waals surface area (Å²) in [5.41, 5.74) is 2.79. The molecule has 1 aromatic rings. The lowest BCUT2D eigenvalue weighted by Gasteiger charge is -2.24. The summed E-state index contributed by atoms with van der Waals surface area (Å²) >= 11 is 0. The average Bonchev–Trinajstić information content (AvgIpc) is 2.44. The molecule has 0 saturated carbocycles. The third-order valence-corrected chi connectivity index (χ3v) is 3.74. The van der Waals surface area contributed by atoms with Crippen molar-refractivity contribution in [2.45, 2.75) is 46.3 Å². The molecule has 0 heterocycles. The molecule has 3 heteroatoms. The van der Waals surface area contributed by atoms with Crippen molar-refractivity contribution in [3.05, 3.63) is 35.4 Å². The maximum absolute atomic E-state index is 5.61. The largest absolute Gasteiger partial charge is 0.377 e. The van der Waals surface area contributed by atoms with Crippen molar-refractivity contribution in [1.29, 1.82) is 0 Å². The van der Waals surface area contributed by atoms with Crippen molar-refractivity contribution in [3.8, 4) is 0 Å². The quantitative estimate of drug-likeness (QED) is 0.715. The van der Waals surface area contributed by atoms with Gasteiger partial charge in [0.05, 0.1) is 12.7 Å². The van der Waals surface area contributed by atoms with E-state index in [-0.39, 0.29) is 0 Å². The highest BCUT2D eigenvalue weighted by Gasteiger charge is 2.13. The summed E-state index contributed by atoms with van der Waals surface area (Å²) in [6, 6.07) is 9.11. The van der Waals surface area contributed by atoms with Crippen LogP contribution in [0.15, 0.2) is 24.3 Å². The van der Waals surface area contributed by atoms with Crippen molar-refractivity contribution < 1.29 is 4.74 Å². The normalized spacial score (nSPS) is 13.1. The third kappa shape index (κ3) is 7.07. The van der Waals surface area contributed by atoms with Crippen LogP contribution in [0.1, 0.15) is 44.4 Å². The fourth-order valence-electron chi connectivity index (χ4n) is 2.50. The number of hydrogen-bond acceptors (Lipinski definition) is 3. The number of nitrogens with zero attached hydrogens (tertiary/aromatic N) is 1. The minimum atomic E-state index is 0.319. The topological polar surface area (TPSA) is 24.5 Å². The molecule has 120 valence electrons. The van der Waals surface area contributed by atoms with Crippen LogP contribution in [0, 0.1) is 6.92 Å². The van der Waals surface area contributed by atoms with Crippen molar-refractivity contribution in [2.24, 2.45) is 0 Å². The Morgan fingerprint density at radius 3 is 2.52 bits per heavy atom. The van der Waals surface area contributed by atoms with E-state index >= 15 is 0 Å². The van der Waals surface area contributed by atoms with Crippen LogP contribution >= 0.6 is 0 Å². The first kappa shape index (κ1) is 18.1. The minimum Gasteiger partial charge on any atom is -0.377 e. The maximum Gasteiger partial charge on any atom is 0.0596 e. The summed E-state index contributed by atoms with van der Waals surface area (Å²) in [5, 5.41) is 3.61. The Labute approximate surface area is 130 Å². The zero-order valence-corrected chi connectivity index (χ0v) is 14.4. The Bertz CT molecular complexity index is 393. The third-order valence-electron chi connectivity index (χ3n) is 3.74. The van der Waals surface area contributed by atoms with Gasteiger partial charge in [0.1, 0.15) is 0 Å². The van der Waals surface area contributed by atoms with E-state index in [9.17, 15) is 0 Å². The van der Waals surface area contributed by atoms with E-state index in [1.165, 1.54) is 11.1 Å². The Morgan fingerprint density at radius 1 is 1.19 bits per heavy atom. The van der Waals surface area contributed by atoms with Crippen molar-refractivity contribution >= 4 is 0 Å². The Morgan fingerprint density at radius 2 is 1.90 bits per heavy atom. The van der Waals surface area contributed by atoms with Crippen LogP contribution in [0.4, 0.5) is 0 Å². The molecule has 0 fully saturated rings. The first-order valence-corrected chi connectivity index (χ1v) is 8.13. The van der Waals surface area contributed by atoms with Gasteiger partial charge in [-0.15, -0.1) is 0 Å². The molecule has 1 rings (SSSR count). The van der Waals surface area contributed by atoms with Crippen LogP contribution in [-0.4, -0.2) is 44.3 Å². The van der Waals surface area contributed by atoms with Gasteiger partial charge in [0.25, 0.3) is 0 Å². The molecule has 0 radical (unpaired) electrons. The summed E-state index contributed by atoms with van der Waals surface area (Å²) in [7, 11) is 2.17. The van der Waals surface area contributed by atoms with E-state index in [0.717, 1.165) is 32.7 Å². The van der Waals surface area contributed by atoms with Gasteiger partial charge in [-0.1, -0.05) is 31.2 Å². The van der Waals surface area contributed by atoms with E-state index in [0.29, 0.717) is 12.1 Å². The van der Waals surface area contributed by atoms with Crippen molar-refractivity contribution in [1.82, 2.24) is 10.2 Å². The second kappa shape index (κ2) is 9.93. The summed E-state index contributed by atoms with van der Waals surface area (Å²) < 4.78 is 5.61. The first-order chi connectivity index (χ1) is 10.0. The second-order valence-corrected chi connectivity index (χ2v) is 5.98. The highest BCUT2D eigenvalue weighted by atomic mass is 16.5. The molecule has 0 amide bonds. The average molecular weight is 292 g/mol. The number of likely N-dealkylation sites (N-methyl/N-ethyl adjacent to an activating group) is 1. The van der Waals surface area contributed by atoms with Gasteiger partial charge >= 0.3 is 0 Å². The van der Waals surface area contributed by atoms with Gasteiger partial charge in [-0.2, -0.15) is 0 Å². The molecule has 0 bridgehead atoms. The predicted octanol–water partition coefficient (Wildman–Crippen LogP) is 3.39. The molecule has 0 aliphatic rings. The second-order valence-electron chi connectivity index (χ2n) is 5.98. The van der Waals surface area contributed by atoms with Gasteiger partial charge in [0.2, 0.25) is 0 Å². The summed E-state index contributed by atoms with van der Waals surface area (Å²) in [6.07, 6.45) is 1.44. The summed E-state index contributed by atoms with van der Waals surface area (Å²) in [5.74, 6) is 0. The number of hydrogen-bond donors (Lipinski definition) is 1. The van der Waals surface area contributed by atoms with E-state index < -0.39 is 0 Å². The van der Waals surface area contributed by atoms with Gasteiger partial charge < -0.3 is 15.0 Å². The van der Waals surface area contributed by atoms with Gasteiger partial charge in [0, 0.05) is 12.6 Å². The van der Waals surface area contributed by atoms with Crippen LogP contribution < -0.4 is 5.32 Å². The van der Waals surface area contributed by atoms with Crippen LogP contribution in [0.5, 0.6) is 0 Å². The maximum atomic E-state index is 5.61. The number of rotatable bonds is 10. The number of nitrogens with one attached hydrogen (secondary N) is 1. The smallest absolute Gasteiger partial charge is 0.0596 e. The predicted molar refractivity (Wildman–Crippen MR) is 90.8 cm³/mol. The summed E-state index contributed by atoms with van der Waals surface area (Å²) in [4.78, 5) is 2.35. The van der Waals surface area contributed by atoms with Crippen LogP contribution in [0.25, 0.3) is 0 Å². The molecule has 0 spiro atoms. The molecule has 0 aliphatic carbocycles. The lowest BCUT2D eigenvalue weighted by atomic mass is 9.98. The van der Waals surface area contributed by atoms with E-state index in [2.05, 4.69) is 69.2 Å². The highest BCUT2D eigenvalue weighted by Crippen LogP contribution is 2.20. The molecule has 0 saturated heterocycles. The molecule has 1 aromatic carbocycles. The van der Waals surface area contributed by atoms with E-state index in [1.54, 1.807) is 0 Å². The zero-order valence-electron chi connectivity index (χ0n) is 14.4. The lowest BCUT2D eigenvalue weighted by Crippen LogP contribution is -2.30. The monoisotopic (exact) mass is 292 g/mol. The standard InChI is InChI=1S/C18H32N2O/c1-6-19-18(17-10-8-7-9-16(17)4)11-12-20(5)13-14-21-15(2)3/h7-10,15,18-19H,6,11-14H2,1-5H3. The molecule has 21 heavy (non-hydrogen) atoms. The molecular formula is C18H32N2O. The molecule has 0 aliphatic heterocycles. The number of benzene rings is 1. The van der Waals surface area contributed by atoms with Crippen LogP contribution in [0.3, 0.4) is 0 Å². The molecule has 0 aromatic heterocycles. The van der Waals surface area contributed by atoms with E-state index in [1.807, 2.05) is 0 Å². The fourth-order valence-corrected chi connectivity index (χ4v) is 2.50. The lowest BCUT2D eigenvalue weighted by molar-refractivity contribution is 0.0632. The van der Waals surface area contributed by atoms with Gasteiger partial charge in [-0.25, -0.2) is 0 Å². The minimum absolute atomic E-state index is 0.319. The van der Waals surface area contributed by atoms with Gasteiger partial charge in [0.15, 0.2) is 0 Å². The fraction of sp³-hybridized carbons (Fsp3) is 0.667. The Kier molecular flexibility index (Phi) is 8.58. The SMILES string of the molecule is CCNC(CCN(C)CCOC(C)C)c1ccccc1C. The zero-order chi connectivity index (χ0) is 15.7. The summed E-state index contributed by atoms with van der Waals surface area (Å²) in [6.45, 7) is 12.4. The van der Waals surface area contributed by atoms with Crippen LogP contribution in [-0.2, 0) is 4.74 Å². The van der Waals surface area contributed by atoms with Crippen molar-refractivity contribution in [2.75, 3.05) is 33.3 Å². The molecule has 1 unspecified atom stereocenters. The first-order valence-electron chi connectivity index (χ1n) is 8.13. The number of ether oxygens (including phenoxy) is 1.